The van der Waals surface area contributed by atoms with E-state index in [4.69, 9.17) is 16.1 Å². The molecule has 7 nitrogen and oxygen atoms in total. The van der Waals surface area contributed by atoms with Crippen molar-refractivity contribution in [2.45, 2.75) is 17.7 Å². The minimum atomic E-state index is -3.88. The lowest BCUT2D eigenvalue weighted by atomic mass is 10.2. The van der Waals surface area contributed by atoms with Crippen LogP contribution in [0.3, 0.4) is 0 Å². The van der Waals surface area contributed by atoms with Crippen molar-refractivity contribution in [3.8, 4) is 11.4 Å². The second kappa shape index (κ2) is 7.67. The summed E-state index contributed by atoms with van der Waals surface area (Å²) in [6.45, 7) is 0. The Morgan fingerprint density at radius 3 is 2.46 bits per heavy atom. The molecule has 0 bridgehead atoms. The summed E-state index contributed by atoms with van der Waals surface area (Å²) in [6.07, 6.45) is 0.0189. The van der Waals surface area contributed by atoms with Crippen LogP contribution in [-0.2, 0) is 21.2 Å². The average molecular weight is 392 g/mol. The molecule has 0 aliphatic heterocycles. The number of benzene rings is 2. The van der Waals surface area contributed by atoms with Gasteiger partial charge in [-0.3, -0.25) is 4.79 Å². The standard InChI is InChI=1S/C17H14ClN3O4S/c18-13-8-6-12(7-9-13)17-19-16(25-20-17)11-10-15(22)21-26(23,24)14-4-2-1-3-5-14/h1-9H,10-11H2,(H,21,22). The van der Waals surface area contributed by atoms with Crippen LogP contribution in [-0.4, -0.2) is 24.5 Å². The molecule has 0 atom stereocenters. The molecule has 134 valence electrons. The molecule has 0 aliphatic rings. The molecule has 0 saturated carbocycles. The summed E-state index contributed by atoms with van der Waals surface area (Å²) in [4.78, 5) is 16.1. The first-order valence-electron chi connectivity index (χ1n) is 7.63. The maximum atomic E-state index is 12.1. The van der Waals surface area contributed by atoms with Crippen LogP contribution in [0.25, 0.3) is 11.4 Å². The van der Waals surface area contributed by atoms with Crippen LogP contribution in [0.1, 0.15) is 12.3 Å². The van der Waals surface area contributed by atoms with E-state index in [1.54, 1.807) is 42.5 Å². The zero-order valence-electron chi connectivity index (χ0n) is 13.4. The van der Waals surface area contributed by atoms with E-state index in [9.17, 15) is 13.2 Å². The second-order valence-corrected chi connectivity index (χ2v) is 7.48. The molecule has 26 heavy (non-hydrogen) atoms. The van der Waals surface area contributed by atoms with Crippen molar-refractivity contribution in [3.63, 3.8) is 0 Å². The molecule has 0 radical (unpaired) electrons. The van der Waals surface area contributed by atoms with Gasteiger partial charge >= 0.3 is 0 Å². The van der Waals surface area contributed by atoms with E-state index in [0.717, 1.165) is 5.56 Å². The first-order valence-corrected chi connectivity index (χ1v) is 9.49. The van der Waals surface area contributed by atoms with Gasteiger partial charge in [0.05, 0.1) is 4.90 Å². The zero-order valence-corrected chi connectivity index (χ0v) is 15.0. The number of aryl methyl sites for hydroxylation is 1. The number of nitrogens with zero attached hydrogens (tertiary/aromatic N) is 2. The maximum absolute atomic E-state index is 12.1. The predicted octanol–water partition coefficient (Wildman–Crippen LogP) is 2.83. The number of rotatable bonds is 6. The Morgan fingerprint density at radius 1 is 1.08 bits per heavy atom. The first kappa shape index (κ1) is 18.1. The van der Waals surface area contributed by atoms with Crippen LogP contribution in [0, 0.1) is 0 Å². The lowest BCUT2D eigenvalue weighted by Crippen LogP contribution is -2.30. The van der Waals surface area contributed by atoms with Crippen LogP contribution in [0.2, 0.25) is 5.02 Å². The molecular formula is C17H14ClN3O4S. The zero-order chi connectivity index (χ0) is 18.6. The van der Waals surface area contributed by atoms with Gasteiger partial charge in [-0.1, -0.05) is 35.0 Å². The number of amides is 1. The van der Waals surface area contributed by atoms with E-state index in [0.29, 0.717) is 10.8 Å². The quantitative estimate of drug-likeness (QED) is 0.693. The van der Waals surface area contributed by atoms with Gasteiger partial charge in [-0.25, -0.2) is 13.1 Å². The average Bonchev–Trinajstić information content (AvgIpc) is 3.10. The Bertz CT molecular complexity index is 1000. The molecule has 1 heterocycles. The van der Waals surface area contributed by atoms with Crippen LogP contribution < -0.4 is 4.72 Å². The highest BCUT2D eigenvalue weighted by atomic mass is 35.5. The fourth-order valence-corrected chi connectivity index (χ4v) is 3.31. The first-order chi connectivity index (χ1) is 12.4. The smallest absolute Gasteiger partial charge is 0.264 e. The van der Waals surface area contributed by atoms with Crippen molar-refractivity contribution in [1.29, 1.82) is 0 Å². The Balaban J connectivity index is 1.59. The van der Waals surface area contributed by atoms with Gasteiger partial charge in [-0.15, -0.1) is 0 Å². The van der Waals surface area contributed by atoms with Gasteiger partial charge in [0.25, 0.3) is 10.0 Å². The van der Waals surface area contributed by atoms with E-state index in [-0.39, 0.29) is 23.6 Å². The molecule has 1 amide bonds. The number of carbonyl (C=O) groups is 1. The lowest BCUT2D eigenvalue weighted by molar-refractivity contribution is -0.119. The van der Waals surface area contributed by atoms with Crippen molar-refractivity contribution < 1.29 is 17.7 Å². The highest BCUT2D eigenvalue weighted by Gasteiger charge is 2.18. The van der Waals surface area contributed by atoms with Gasteiger partial charge < -0.3 is 4.52 Å². The monoisotopic (exact) mass is 391 g/mol. The van der Waals surface area contributed by atoms with Gasteiger partial charge in [0.2, 0.25) is 17.6 Å². The van der Waals surface area contributed by atoms with Crippen LogP contribution >= 0.6 is 11.6 Å². The minimum Gasteiger partial charge on any atom is -0.339 e. The number of aromatic nitrogens is 2. The van der Waals surface area contributed by atoms with E-state index < -0.39 is 15.9 Å². The molecule has 3 aromatic rings. The van der Waals surface area contributed by atoms with Crippen molar-refractivity contribution >= 4 is 27.5 Å². The van der Waals surface area contributed by atoms with Gasteiger partial charge in [-0.05, 0) is 36.4 Å². The topological polar surface area (TPSA) is 102 Å². The Hall–Kier alpha value is -2.71. The van der Waals surface area contributed by atoms with Crippen LogP contribution in [0.4, 0.5) is 0 Å². The molecule has 1 aromatic heterocycles. The van der Waals surface area contributed by atoms with Gasteiger partial charge in [0.1, 0.15) is 0 Å². The largest absolute Gasteiger partial charge is 0.339 e. The summed E-state index contributed by atoms with van der Waals surface area (Å²) in [5.74, 6) is -0.0451. The number of hydrogen-bond donors (Lipinski definition) is 1. The Morgan fingerprint density at radius 2 is 1.77 bits per heavy atom. The summed E-state index contributed by atoms with van der Waals surface area (Å²) in [5.41, 5.74) is 0.723. The molecule has 9 heteroatoms. The Kier molecular flexibility index (Phi) is 5.34. The van der Waals surface area contributed by atoms with E-state index >= 15 is 0 Å². The van der Waals surface area contributed by atoms with Crippen LogP contribution in [0.15, 0.2) is 64.0 Å². The molecule has 2 aromatic carbocycles. The summed E-state index contributed by atoms with van der Waals surface area (Å²) in [7, 11) is -3.88. The SMILES string of the molecule is O=C(CCc1nc(-c2ccc(Cl)cc2)no1)NS(=O)(=O)c1ccccc1. The third-order valence-electron chi connectivity index (χ3n) is 3.44. The number of halogens is 1. The van der Waals surface area contributed by atoms with Crippen molar-refractivity contribution in [2.24, 2.45) is 0 Å². The Labute approximate surface area is 155 Å². The molecular weight excluding hydrogens is 378 g/mol. The number of carbonyl (C=O) groups excluding carboxylic acids is 1. The maximum Gasteiger partial charge on any atom is 0.264 e. The van der Waals surface area contributed by atoms with E-state index in [1.807, 2.05) is 4.72 Å². The molecule has 0 saturated heterocycles. The molecule has 3 rings (SSSR count). The van der Waals surface area contributed by atoms with Gasteiger partial charge in [0.15, 0.2) is 0 Å². The summed E-state index contributed by atoms with van der Waals surface area (Å²) in [6, 6.07) is 14.6. The summed E-state index contributed by atoms with van der Waals surface area (Å²) < 4.78 is 31.3. The van der Waals surface area contributed by atoms with Crippen molar-refractivity contribution in [1.82, 2.24) is 14.9 Å². The highest BCUT2D eigenvalue weighted by molar-refractivity contribution is 7.90. The second-order valence-electron chi connectivity index (χ2n) is 5.36. The number of nitrogens with one attached hydrogen (secondary N) is 1. The van der Waals surface area contributed by atoms with Gasteiger partial charge in [-0.2, -0.15) is 4.98 Å². The third kappa shape index (κ3) is 4.47. The molecule has 0 spiro atoms. The third-order valence-corrected chi connectivity index (χ3v) is 5.08. The summed E-state index contributed by atoms with van der Waals surface area (Å²) in [5, 5.41) is 4.43. The number of hydrogen-bond acceptors (Lipinski definition) is 6. The van der Waals surface area contributed by atoms with Crippen molar-refractivity contribution in [3.05, 3.63) is 65.5 Å². The normalized spacial score (nSPS) is 11.3. The molecule has 0 fully saturated rings. The van der Waals surface area contributed by atoms with E-state index in [2.05, 4.69) is 10.1 Å². The van der Waals surface area contributed by atoms with E-state index in [1.165, 1.54) is 12.1 Å². The molecule has 1 N–H and O–H groups in total. The molecule has 0 unspecified atom stereocenters. The fraction of sp³-hybridized carbons (Fsp3) is 0.118. The number of sulfonamides is 1. The van der Waals surface area contributed by atoms with Gasteiger partial charge in [0, 0.05) is 23.4 Å². The van der Waals surface area contributed by atoms with Crippen LogP contribution in [0.5, 0.6) is 0 Å². The minimum absolute atomic E-state index is 0.0242. The fourth-order valence-electron chi connectivity index (χ4n) is 2.15. The molecule has 0 aliphatic carbocycles. The predicted molar refractivity (Wildman–Crippen MR) is 94.8 cm³/mol. The highest BCUT2D eigenvalue weighted by Crippen LogP contribution is 2.19. The summed E-state index contributed by atoms with van der Waals surface area (Å²) >= 11 is 5.83. The lowest BCUT2D eigenvalue weighted by Gasteiger charge is -2.05. The van der Waals surface area contributed by atoms with Crippen molar-refractivity contribution in [2.75, 3.05) is 0 Å².